The Morgan fingerprint density at radius 2 is 2.06 bits per heavy atom. The van der Waals surface area contributed by atoms with Crippen molar-refractivity contribution >= 4 is 5.69 Å². The summed E-state index contributed by atoms with van der Waals surface area (Å²) in [4.78, 5) is 2.55. The predicted octanol–water partition coefficient (Wildman–Crippen LogP) is 3.32. The number of nitrogen functional groups attached to an aromatic ring is 1. The first kappa shape index (κ1) is 13.4. The Labute approximate surface area is 111 Å². The molecular formula is C16H26N2. The van der Waals surface area contributed by atoms with E-state index < -0.39 is 0 Å². The van der Waals surface area contributed by atoms with Crippen LogP contribution in [0.4, 0.5) is 5.69 Å². The van der Waals surface area contributed by atoms with Crippen molar-refractivity contribution in [3.05, 3.63) is 29.8 Å². The molecule has 1 aliphatic heterocycles. The lowest BCUT2D eigenvalue weighted by Gasteiger charge is -2.37. The number of hydrogen-bond acceptors (Lipinski definition) is 2. The van der Waals surface area contributed by atoms with Crippen LogP contribution in [0.5, 0.6) is 0 Å². The lowest BCUT2D eigenvalue weighted by molar-refractivity contribution is 0.129. The highest BCUT2D eigenvalue weighted by Gasteiger charge is 2.24. The van der Waals surface area contributed by atoms with Gasteiger partial charge in [-0.3, -0.25) is 0 Å². The third kappa shape index (κ3) is 3.26. The molecule has 1 aliphatic rings. The minimum Gasteiger partial charge on any atom is -0.399 e. The molecule has 0 spiro atoms. The zero-order valence-corrected chi connectivity index (χ0v) is 11.7. The van der Waals surface area contributed by atoms with Crippen molar-refractivity contribution in [3.8, 4) is 0 Å². The molecule has 1 aromatic rings. The molecule has 0 bridgehead atoms. The second-order valence-corrected chi connectivity index (χ2v) is 5.68. The van der Waals surface area contributed by atoms with Crippen LogP contribution in [0, 0.1) is 5.92 Å². The summed E-state index contributed by atoms with van der Waals surface area (Å²) in [5, 5.41) is 0. The van der Waals surface area contributed by atoms with Gasteiger partial charge in [0.2, 0.25) is 0 Å². The first-order chi connectivity index (χ1) is 8.70. The van der Waals surface area contributed by atoms with Crippen molar-refractivity contribution in [1.82, 2.24) is 4.90 Å². The second-order valence-electron chi connectivity index (χ2n) is 5.68. The molecule has 1 aromatic carbocycles. The summed E-state index contributed by atoms with van der Waals surface area (Å²) in [5.74, 6) is 0.910. The maximum atomic E-state index is 6.00. The van der Waals surface area contributed by atoms with E-state index in [9.17, 15) is 0 Å². The van der Waals surface area contributed by atoms with Crippen LogP contribution in [-0.4, -0.2) is 24.5 Å². The Morgan fingerprint density at radius 3 is 2.72 bits per heavy atom. The summed E-state index contributed by atoms with van der Waals surface area (Å²) < 4.78 is 0. The Morgan fingerprint density at radius 1 is 1.28 bits per heavy atom. The Kier molecular flexibility index (Phi) is 4.65. The third-order valence-electron chi connectivity index (χ3n) is 4.46. The van der Waals surface area contributed by atoms with Crippen LogP contribution in [0.3, 0.4) is 0 Å². The van der Waals surface area contributed by atoms with Crippen molar-refractivity contribution in [1.29, 1.82) is 0 Å². The molecule has 18 heavy (non-hydrogen) atoms. The van der Waals surface area contributed by atoms with Gasteiger partial charge in [0, 0.05) is 18.3 Å². The molecule has 0 saturated carbocycles. The number of likely N-dealkylation sites (tertiary alicyclic amines) is 1. The van der Waals surface area contributed by atoms with Gasteiger partial charge < -0.3 is 10.6 Å². The van der Waals surface area contributed by atoms with E-state index >= 15 is 0 Å². The van der Waals surface area contributed by atoms with Crippen LogP contribution in [0.1, 0.15) is 38.2 Å². The third-order valence-corrected chi connectivity index (χ3v) is 4.46. The molecule has 0 amide bonds. The Hall–Kier alpha value is -1.02. The van der Waals surface area contributed by atoms with Gasteiger partial charge >= 0.3 is 0 Å². The summed E-state index contributed by atoms with van der Waals surface area (Å²) in [6.45, 7) is 3.58. The quantitative estimate of drug-likeness (QED) is 0.826. The largest absolute Gasteiger partial charge is 0.399 e. The van der Waals surface area contributed by atoms with Crippen molar-refractivity contribution < 1.29 is 0 Å². The van der Waals surface area contributed by atoms with Gasteiger partial charge in [-0.1, -0.05) is 31.5 Å². The molecule has 2 heteroatoms. The number of rotatable bonds is 4. The van der Waals surface area contributed by atoms with E-state index in [1.165, 1.54) is 37.8 Å². The van der Waals surface area contributed by atoms with E-state index in [4.69, 9.17) is 5.73 Å². The van der Waals surface area contributed by atoms with Gasteiger partial charge in [-0.25, -0.2) is 0 Å². The smallest absolute Gasteiger partial charge is 0.0346 e. The van der Waals surface area contributed by atoms with Crippen LogP contribution in [0.2, 0.25) is 0 Å². The average Bonchev–Trinajstić information content (AvgIpc) is 2.39. The molecule has 1 heterocycles. The molecule has 0 aromatic heterocycles. The lowest BCUT2D eigenvalue weighted by atomic mass is 9.88. The second kappa shape index (κ2) is 6.24. The Balaban J connectivity index is 1.86. The molecule has 100 valence electrons. The lowest BCUT2D eigenvalue weighted by Crippen LogP contribution is -2.40. The molecule has 2 atom stereocenters. The summed E-state index contributed by atoms with van der Waals surface area (Å²) in [6.07, 6.45) is 6.42. The zero-order chi connectivity index (χ0) is 13.0. The number of para-hydroxylation sites is 1. The van der Waals surface area contributed by atoms with E-state index in [0.29, 0.717) is 0 Å². The number of nitrogens with zero attached hydrogens (tertiary/aromatic N) is 1. The predicted molar refractivity (Wildman–Crippen MR) is 78.6 cm³/mol. The standard InChI is InChI=1S/C16H26N2/c1-3-13-8-10-15(18(2)12-13)11-9-14-6-4-5-7-16(14)17/h4-7,13,15H,3,8-12,17H2,1-2H3. The van der Waals surface area contributed by atoms with Crippen molar-refractivity contribution in [2.24, 2.45) is 5.92 Å². The van der Waals surface area contributed by atoms with Crippen LogP contribution in [0.25, 0.3) is 0 Å². The van der Waals surface area contributed by atoms with Crippen LogP contribution in [-0.2, 0) is 6.42 Å². The fourth-order valence-electron chi connectivity index (χ4n) is 3.08. The number of anilines is 1. The van der Waals surface area contributed by atoms with E-state index in [1.54, 1.807) is 0 Å². The summed E-state index contributed by atoms with van der Waals surface area (Å²) in [5.41, 5.74) is 8.26. The monoisotopic (exact) mass is 246 g/mol. The molecule has 2 N–H and O–H groups in total. The van der Waals surface area contributed by atoms with Gasteiger partial charge in [-0.15, -0.1) is 0 Å². The van der Waals surface area contributed by atoms with E-state index in [-0.39, 0.29) is 0 Å². The molecule has 0 radical (unpaired) electrons. The SMILES string of the molecule is CCC1CCC(CCc2ccccc2N)N(C)C1. The van der Waals surface area contributed by atoms with Crippen LogP contribution < -0.4 is 5.73 Å². The maximum absolute atomic E-state index is 6.00. The van der Waals surface area contributed by atoms with Crippen molar-refractivity contribution in [2.45, 2.75) is 45.1 Å². The molecule has 2 nitrogen and oxygen atoms in total. The first-order valence-electron chi connectivity index (χ1n) is 7.24. The van der Waals surface area contributed by atoms with Gasteiger partial charge in [0.15, 0.2) is 0 Å². The van der Waals surface area contributed by atoms with Gasteiger partial charge in [-0.05, 0) is 50.3 Å². The van der Waals surface area contributed by atoms with Crippen molar-refractivity contribution in [3.63, 3.8) is 0 Å². The highest BCUT2D eigenvalue weighted by Crippen LogP contribution is 2.26. The summed E-state index contributed by atoms with van der Waals surface area (Å²) >= 11 is 0. The molecule has 1 saturated heterocycles. The van der Waals surface area contributed by atoms with Gasteiger partial charge in [0.1, 0.15) is 0 Å². The molecule has 2 rings (SSSR count). The maximum Gasteiger partial charge on any atom is 0.0346 e. The average molecular weight is 246 g/mol. The van der Waals surface area contributed by atoms with E-state index in [1.807, 2.05) is 12.1 Å². The fraction of sp³-hybridized carbons (Fsp3) is 0.625. The van der Waals surface area contributed by atoms with Crippen LogP contribution >= 0.6 is 0 Å². The van der Waals surface area contributed by atoms with Crippen LogP contribution in [0.15, 0.2) is 24.3 Å². The van der Waals surface area contributed by atoms with Gasteiger partial charge in [0.05, 0.1) is 0 Å². The minimum absolute atomic E-state index is 0.743. The first-order valence-corrected chi connectivity index (χ1v) is 7.24. The molecule has 0 aliphatic carbocycles. The number of aryl methyl sites for hydroxylation is 1. The highest BCUT2D eigenvalue weighted by molar-refractivity contribution is 5.46. The van der Waals surface area contributed by atoms with Gasteiger partial charge in [-0.2, -0.15) is 0 Å². The van der Waals surface area contributed by atoms with Crippen molar-refractivity contribution in [2.75, 3.05) is 19.3 Å². The van der Waals surface area contributed by atoms with E-state index in [0.717, 1.165) is 24.1 Å². The normalized spacial score (nSPS) is 25.2. The summed E-state index contributed by atoms with van der Waals surface area (Å²) in [6, 6.07) is 9.01. The molecular weight excluding hydrogens is 220 g/mol. The number of benzene rings is 1. The Bertz CT molecular complexity index is 375. The number of nitrogens with two attached hydrogens (primary N) is 1. The molecule has 1 fully saturated rings. The van der Waals surface area contributed by atoms with Gasteiger partial charge in [0.25, 0.3) is 0 Å². The van der Waals surface area contributed by atoms with E-state index in [2.05, 4.69) is 31.0 Å². The summed E-state index contributed by atoms with van der Waals surface area (Å²) in [7, 11) is 2.28. The zero-order valence-electron chi connectivity index (χ0n) is 11.7. The number of piperidine rings is 1. The highest BCUT2D eigenvalue weighted by atomic mass is 15.1. The molecule has 2 unspecified atom stereocenters. The number of hydrogen-bond donors (Lipinski definition) is 1. The fourth-order valence-corrected chi connectivity index (χ4v) is 3.08. The minimum atomic E-state index is 0.743. The topological polar surface area (TPSA) is 29.3 Å².